The number of benzene rings is 2. The molecule has 12 nitrogen and oxygen atoms in total. The molecule has 0 fully saturated rings. The summed E-state index contributed by atoms with van der Waals surface area (Å²) in [5, 5.41) is 24.8. The normalized spacial score (nSPS) is 12.2. The average molecular weight is 495 g/mol. The Morgan fingerprint density at radius 2 is 2.03 bits per heavy atom. The van der Waals surface area contributed by atoms with Crippen molar-refractivity contribution in [2.24, 2.45) is 10.2 Å². The summed E-state index contributed by atoms with van der Waals surface area (Å²) in [6.07, 6.45) is 0. The second-order valence-electron chi connectivity index (χ2n) is 6.26. The van der Waals surface area contributed by atoms with Crippen molar-refractivity contribution in [2.45, 2.75) is 16.7 Å². The summed E-state index contributed by atoms with van der Waals surface area (Å²) in [5.41, 5.74) is 7.92. The third-order valence-corrected chi connectivity index (χ3v) is 6.51. The fourth-order valence-corrected chi connectivity index (χ4v) is 4.45. The van der Waals surface area contributed by atoms with Crippen LogP contribution in [0.1, 0.15) is 5.69 Å². The Bertz CT molecular complexity index is 1430. The molecule has 0 saturated carbocycles. The summed E-state index contributed by atoms with van der Waals surface area (Å²) in [6.45, 7) is 1.68. The van der Waals surface area contributed by atoms with Gasteiger partial charge in [-0.1, -0.05) is 22.4 Å². The van der Waals surface area contributed by atoms with E-state index in [-0.39, 0.29) is 10.7 Å². The highest BCUT2D eigenvalue weighted by molar-refractivity contribution is 7.94. The first-order valence-electron chi connectivity index (χ1n) is 8.66. The molecule has 166 valence electrons. The summed E-state index contributed by atoms with van der Waals surface area (Å²) in [5.74, 6) is 0.139. The molecule has 32 heavy (non-hydrogen) atoms. The standard InChI is InChI=1S/C17H14N6O6S3/c1-9-15(16(18)23(22-9)10-3-2-4-12(7-10)32(25,26)27)20-21-17-19-13-8-11(31-29-28-24)5-6-14(13)30-17/h2-8,24H,18H2,1H3,(H,25,26,27). The zero-order valence-electron chi connectivity index (χ0n) is 16.1. The molecule has 0 atom stereocenters. The van der Waals surface area contributed by atoms with Gasteiger partial charge in [0.1, 0.15) is 0 Å². The van der Waals surface area contributed by atoms with Crippen LogP contribution in [0, 0.1) is 6.92 Å². The van der Waals surface area contributed by atoms with Crippen LogP contribution >= 0.6 is 23.4 Å². The van der Waals surface area contributed by atoms with E-state index < -0.39 is 10.1 Å². The van der Waals surface area contributed by atoms with Gasteiger partial charge < -0.3 is 5.73 Å². The number of rotatable bonds is 7. The van der Waals surface area contributed by atoms with Gasteiger partial charge in [-0.2, -0.15) is 13.5 Å². The molecular formula is C17H14N6O6S3. The van der Waals surface area contributed by atoms with Gasteiger partial charge in [-0.05, 0) is 43.3 Å². The fraction of sp³-hybridized carbons (Fsp3) is 0.0588. The topological polar surface area (TPSA) is 175 Å². The highest BCUT2D eigenvalue weighted by atomic mass is 32.2. The predicted molar refractivity (Wildman–Crippen MR) is 117 cm³/mol. The summed E-state index contributed by atoms with van der Waals surface area (Å²) < 4.78 is 38.7. The van der Waals surface area contributed by atoms with Gasteiger partial charge in [0.2, 0.25) is 5.13 Å². The van der Waals surface area contributed by atoms with Crippen LogP contribution in [0.5, 0.6) is 0 Å². The molecular weight excluding hydrogens is 480 g/mol. The number of aromatic nitrogens is 3. The highest BCUT2D eigenvalue weighted by Crippen LogP contribution is 2.34. The smallest absolute Gasteiger partial charge is 0.294 e. The van der Waals surface area contributed by atoms with E-state index in [1.54, 1.807) is 25.1 Å². The van der Waals surface area contributed by atoms with Crippen LogP contribution in [0.4, 0.5) is 16.6 Å². The van der Waals surface area contributed by atoms with Crippen molar-refractivity contribution in [3.8, 4) is 5.69 Å². The van der Waals surface area contributed by atoms with Gasteiger partial charge in [-0.15, -0.1) is 14.6 Å². The summed E-state index contributed by atoms with van der Waals surface area (Å²) in [6, 6.07) is 10.9. The Morgan fingerprint density at radius 3 is 2.78 bits per heavy atom. The number of fused-ring (bicyclic) bond motifs is 1. The monoisotopic (exact) mass is 494 g/mol. The van der Waals surface area contributed by atoms with Gasteiger partial charge in [-0.3, -0.25) is 4.55 Å². The number of hydrogen-bond acceptors (Lipinski definition) is 12. The van der Waals surface area contributed by atoms with E-state index in [0.717, 1.165) is 16.7 Å². The second-order valence-corrected chi connectivity index (χ2v) is 9.46. The van der Waals surface area contributed by atoms with Crippen LogP contribution in [-0.4, -0.2) is 33.0 Å². The average Bonchev–Trinajstić information content (AvgIpc) is 3.29. The minimum atomic E-state index is -4.38. The number of aryl methyl sites for hydroxylation is 1. The van der Waals surface area contributed by atoms with E-state index in [9.17, 15) is 13.0 Å². The van der Waals surface area contributed by atoms with Crippen molar-refractivity contribution in [1.82, 2.24) is 14.8 Å². The van der Waals surface area contributed by atoms with Gasteiger partial charge in [0.15, 0.2) is 11.5 Å². The summed E-state index contributed by atoms with van der Waals surface area (Å²) >= 11 is 2.12. The Labute approximate surface area is 189 Å². The fourth-order valence-electron chi connectivity index (χ4n) is 2.77. The van der Waals surface area contributed by atoms with Crippen molar-refractivity contribution < 1.29 is 27.6 Å². The van der Waals surface area contributed by atoms with E-state index >= 15 is 0 Å². The lowest BCUT2D eigenvalue weighted by Crippen LogP contribution is -2.04. The largest absolute Gasteiger partial charge is 0.382 e. The molecule has 0 bridgehead atoms. The number of hydrogen-bond donors (Lipinski definition) is 3. The molecule has 0 radical (unpaired) electrons. The summed E-state index contributed by atoms with van der Waals surface area (Å²) in [4.78, 5) is 4.76. The molecule has 0 aliphatic heterocycles. The van der Waals surface area contributed by atoms with E-state index in [1.165, 1.54) is 34.2 Å². The number of nitrogen functional groups attached to an aromatic ring is 1. The molecule has 0 amide bonds. The molecule has 2 heterocycles. The molecule has 0 spiro atoms. The van der Waals surface area contributed by atoms with Crippen LogP contribution < -0.4 is 5.73 Å². The summed E-state index contributed by atoms with van der Waals surface area (Å²) in [7, 11) is -4.38. The Hall–Kier alpha value is -2.92. The van der Waals surface area contributed by atoms with Crippen LogP contribution in [0.25, 0.3) is 15.9 Å². The van der Waals surface area contributed by atoms with Gasteiger partial charge in [0.25, 0.3) is 10.1 Å². The zero-order valence-corrected chi connectivity index (χ0v) is 18.6. The minimum absolute atomic E-state index is 0.139. The first-order valence-corrected chi connectivity index (χ1v) is 11.7. The maximum atomic E-state index is 11.4. The van der Waals surface area contributed by atoms with Crippen LogP contribution in [-0.2, 0) is 19.5 Å². The van der Waals surface area contributed by atoms with Crippen molar-refractivity contribution in [1.29, 1.82) is 0 Å². The van der Waals surface area contributed by atoms with Crippen LogP contribution in [0.15, 0.2) is 62.5 Å². The van der Waals surface area contributed by atoms with Gasteiger partial charge in [0, 0.05) is 4.90 Å². The van der Waals surface area contributed by atoms with Crippen molar-refractivity contribution >= 4 is 60.4 Å². The maximum absolute atomic E-state index is 11.4. The zero-order chi connectivity index (χ0) is 22.9. The predicted octanol–water partition coefficient (Wildman–Crippen LogP) is 4.46. The van der Waals surface area contributed by atoms with Crippen molar-refractivity contribution in [3.05, 3.63) is 48.2 Å². The molecule has 4 N–H and O–H groups in total. The highest BCUT2D eigenvalue weighted by Gasteiger charge is 2.16. The molecule has 15 heteroatoms. The number of azo groups is 1. The Kier molecular flexibility index (Phi) is 6.20. The Morgan fingerprint density at radius 1 is 1.22 bits per heavy atom. The van der Waals surface area contributed by atoms with Crippen LogP contribution in [0.3, 0.4) is 0 Å². The van der Waals surface area contributed by atoms with Gasteiger partial charge in [0.05, 0.1) is 38.5 Å². The first kappa shape index (κ1) is 22.3. The van der Waals surface area contributed by atoms with E-state index in [1.807, 2.05) is 6.07 Å². The van der Waals surface area contributed by atoms with E-state index in [4.69, 9.17) is 11.0 Å². The SMILES string of the molecule is Cc1nn(-c2cccc(S(=O)(=O)O)c2)c(N)c1N=Nc1nc2cc(SOOO)ccc2s1. The van der Waals surface area contributed by atoms with Crippen molar-refractivity contribution in [3.63, 3.8) is 0 Å². The first-order chi connectivity index (χ1) is 15.3. The van der Waals surface area contributed by atoms with E-state index in [0.29, 0.717) is 32.6 Å². The quantitative estimate of drug-likeness (QED) is 0.109. The maximum Gasteiger partial charge on any atom is 0.294 e. The molecule has 4 aromatic rings. The second kappa shape index (κ2) is 8.91. The van der Waals surface area contributed by atoms with Crippen LogP contribution in [0.2, 0.25) is 0 Å². The molecule has 2 aromatic carbocycles. The third-order valence-electron chi connectivity index (χ3n) is 4.17. The lowest BCUT2D eigenvalue weighted by molar-refractivity contribution is -0.432. The molecule has 0 unspecified atom stereocenters. The molecule has 4 rings (SSSR count). The molecule has 0 saturated heterocycles. The lowest BCUT2D eigenvalue weighted by atomic mass is 10.3. The number of nitrogens with two attached hydrogens (primary N) is 1. The third kappa shape index (κ3) is 4.63. The number of thiazole rings is 1. The number of anilines is 1. The van der Waals surface area contributed by atoms with E-state index in [2.05, 4.69) is 29.7 Å². The lowest BCUT2D eigenvalue weighted by Gasteiger charge is -2.05. The Balaban J connectivity index is 1.64. The van der Waals surface area contributed by atoms with Crippen molar-refractivity contribution in [2.75, 3.05) is 5.73 Å². The molecule has 0 aliphatic carbocycles. The van der Waals surface area contributed by atoms with Gasteiger partial charge >= 0.3 is 0 Å². The minimum Gasteiger partial charge on any atom is -0.382 e. The van der Waals surface area contributed by atoms with Gasteiger partial charge in [-0.25, -0.2) is 14.9 Å². The molecule has 2 aromatic heterocycles. The number of nitrogens with zero attached hydrogens (tertiary/aromatic N) is 5. The molecule has 0 aliphatic rings.